The standard InChI is InChI=1S/C7H9BrN2O2S/c8-7-2-1-4-10(6-7)13(11,12)5-3-9/h2H,1,4-6H2. The van der Waals surface area contributed by atoms with E-state index >= 15 is 0 Å². The Labute approximate surface area is 86.0 Å². The van der Waals surface area contributed by atoms with Crippen LogP contribution in [0, 0.1) is 11.3 Å². The first-order chi connectivity index (χ1) is 6.06. The molecule has 13 heavy (non-hydrogen) atoms. The summed E-state index contributed by atoms with van der Waals surface area (Å²) in [5, 5.41) is 8.32. The van der Waals surface area contributed by atoms with Crippen LogP contribution in [-0.2, 0) is 10.0 Å². The lowest BCUT2D eigenvalue weighted by Gasteiger charge is -2.23. The molecular weight excluding hydrogens is 256 g/mol. The fourth-order valence-corrected chi connectivity index (χ4v) is 2.85. The number of nitrogens with zero attached hydrogens (tertiary/aromatic N) is 2. The molecule has 0 aromatic rings. The molecule has 0 bridgehead atoms. The second-order valence-corrected chi connectivity index (χ2v) is 5.68. The summed E-state index contributed by atoms with van der Waals surface area (Å²) in [6, 6.07) is 1.66. The molecule has 0 saturated carbocycles. The van der Waals surface area contributed by atoms with Crippen LogP contribution in [0.2, 0.25) is 0 Å². The Morgan fingerprint density at radius 2 is 2.38 bits per heavy atom. The van der Waals surface area contributed by atoms with Gasteiger partial charge in [0.15, 0.2) is 5.75 Å². The first-order valence-corrected chi connectivity index (χ1v) is 6.16. The normalized spacial score (nSPS) is 19.2. The molecule has 0 amide bonds. The topological polar surface area (TPSA) is 61.2 Å². The van der Waals surface area contributed by atoms with Crippen molar-refractivity contribution in [2.45, 2.75) is 6.42 Å². The summed E-state index contributed by atoms with van der Waals surface area (Å²) in [6.45, 7) is 0.823. The minimum absolute atomic E-state index is 0.351. The van der Waals surface area contributed by atoms with E-state index in [1.165, 1.54) is 4.31 Å². The number of nitriles is 1. The fraction of sp³-hybridized carbons (Fsp3) is 0.571. The van der Waals surface area contributed by atoms with Crippen molar-refractivity contribution in [3.05, 3.63) is 10.6 Å². The molecule has 0 unspecified atom stereocenters. The van der Waals surface area contributed by atoms with Gasteiger partial charge in [0, 0.05) is 17.6 Å². The molecule has 4 nitrogen and oxygen atoms in total. The molecule has 0 fully saturated rings. The maximum Gasteiger partial charge on any atom is 0.227 e. The largest absolute Gasteiger partial charge is 0.227 e. The predicted octanol–water partition coefficient (Wildman–Crippen LogP) is 0.824. The molecule has 0 radical (unpaired) electrons. The summed E-state index contributed by atoms with van der Waals surface area (Å²) in [5.74, 6) is -0.437. The van der Waals surface area contributed by atoms with Gasteiger partial charge < -0.3 is 0 Å². The van der Waals surface area contributed by atoms with Gasteiger partial charge in [-0.2, -0.15) is 9.57 Å². The highest BCUT2D eigenvalue weighted by molar-refractivity contribution is 9.11. The van der Waals surface area contributed by atoms with E-state index in [-0.39, 0.29) is 0 Å². The molecule has 0 saturated heterocycles. The van der Waals surface area contributed by atoms with Crippen LogP contribution < -0.4 is 0 Å². The predicted molar refractivity (Wildman–Crippen MR) is 52.6 cm³/mol. The average molecular weight is 265 g/mol. The zero-order valence-electron chi connectivity index (χ0n) is 6.90. The summed E-state index contributed by atoms with van der Waals surface area (Å²) in [4.78, 5) is 0. The number of hydrogen-bond donors (Lipinski definition) is 0. The van der Waals surface area contributed by atoms with Crippen molar-refractivity contribution in [1.82, 2.24) is 4.31 Å². The maximum atomic E-state index is 11.4. The third-order valence-electron chi connectivity index (χ3n) is 1.71. The molecule has 0 atom stereocenters. The second-order valence-electron chi connectivity index (χ2n) is 2.69. The van der Waals surface area contributed by atoms with Crippen LogP contribution in [0.1, 0.15) is 6.42 Å². The molecule has 1 heterocycles. The number of hydrogen-bond acceptors (Lipinski definition) is 3. The van der Waals surface area contributed by atoms with Crippen molar-refractivity contribution in [3.63, 3.8) is 0 Å². The van der Waals surface area contributed by atoms with Crippen molar-refractivity contribution in [2.24, 2.45) is 0 Å². The Hall–Kier alpha value is -0.380. The van der Waals surface area contributed by atoms with Gasteiger partial charge in [-0.1, -0.05) is 22.0 Å². The van der Waals surface area contributed by atoms with Gasteiger partial charge in [0.25, 0.3) is 0 Å². The van der Waals surface area contributed by atoms with Crippen LogP contribution in [0.4, 0.5) is 0 Å². The van der Waals surface area contributed by atoms with Crippen LogP contribution in [0.3, 0.4) is 0 Å². The van der Waals surface area contributed by atoms with E-state index in [0.29, 0.717) is 19.5 Å². The molecule has 72 valence electrons. The van der Waals surface area contributed by atoms with Crippen molar-refractivity contribution < 1.29 is 8.42 Å². The van der Waals surface area contributed by atoms with E-state index in [2.05, 4.69) is 15.9 Å². The Morgan fingerprint density at radius 3 is 2.92 bits per heavy atom. The quantitative estimate of drug-likeness (QED) is 0.742. The SMILES string of the molecule is N#CCS(=O)(=O)N1CCC=C(Br)C1. The second kappa shape index (κ2) is 4.22. The van der Waals surface area contributed by atoms with E-state index in [9.17, 15) is 8.42 Å². The molecule has 1 aliphatic heterocycles. The van der Waals surface area contributed by atoms with E-state index in [0.717, 1.165) is 4.48 Å². The average Bonchev–Trinajstić information content (AvgIpc) is 2.04. The zero-order chi connectivity index (χ0) is 9.90. The Morgan fingerprint density at radius 1 is 1.69 bits per heavy atom. The lowest BCUT2D eigenvalue weighted by Crippen LogP contribution is -2.36. The first kappa shape index (κ1) is 10.7. The lowest BCUT2D eigenvalue weighted by molar-refractivity contribution is 0.438. The van der Waals surface area contributed by atoms with E-state index in [4.69, 9.17) is 5.26 Å². The zero-order valence-corrected chi connectivity index (χ0v) is 9.31. The van der Waals surface area contributed by atoms with Gasteiger partial charge in [-0.25, -0.2) is 8.42 Å². The lowest BCUT2D eigenvalue weighted by atomic mass is 10.3. The molecule has 0 aliphatic carbocycles. The third kappa shape index (κ3) is 2.79. The summed E-state index contributed by atoms with van der Waals surface area (Å²) >= 11 is 3.24. The minimum Gasteiger partial charge on any atom is -0.211 e. The maximum absolute atomic E-state index is 11.4. The molecular formula is C7H9BrN2O2S. The van der Waals surface area contributed by atoms with Crippen LogP contribution in [0.15, 0.2) is 10.6 Å². The third-order valence-corrected chi connectivity index (χ3v) is 3.88. The number of halogens is 1. The minimum atomic E-state index is -3.36. The van der Waals surface area contributed by atoms with E-state index in [1.807, 2.05) is 6.08 Å². The Bertz CT molecular complexity index is 355. The number of sulfonamides is 1. The number of rotatable bonds is 2. The van der Waals surface area contributed by atoms with Crippen LogP contribution in [0.25, 0.3) is 0 Å². The van der Waals surface area contributed by atoms with Crippen molar-refractivity contribution in [1.29, 1.82) is 5.26 Å². The highest BCUT2D eigenvalue weighted by Crippen LogP contribution is 2.17. The molecule has 6 heteroatoms. The molecule has 0 N–H and O–H groups in total. The van der Waals surface area contributed by atoms with Crippen molar-refractivity contribution in [3.8, 4) is 6.07 Å². The summed E-state index contributed by atoms with van der Waals surface area (Å²) in [7, 11) is -3.36. The van der Waals surface area contributed by atoms with Crippen LogP contribution in [0.5, 0.6) is 0 Å². The van der Waals surface area contributed by atoms with Gasteiger partial charge in [0.1, 0.15) is 0 Å². The molecule has 1 aliphatic rings. The molecule has 0 aromatic heterocycles. The summed E-state index contributed by atoms with van der Waals surface area (Å²) < 4.78 is 25.0. The summed E-state index contributed by atoms with van der Waals surface area (Å²) in [5.41, 5.74) is 0. The molecule has 1 rings (SSSR count). The van der Waals surface area contributed by atoms with Crippen LogP contribution >= 0.6 is 15.9 Å². The van der Waals surface area contributed by atoms with Gasteiger partial charge in [-0.15, -0.1) is 0 Å². The highest BCUT2D eigenvalue weighted by atomic mass is 79.9. The van der Waals surface area contributed by atoms with Crippen molar-refractivity contribution in [2.75, 3.05) is 18.8 Å². The van der Waals surface area contributed by atoms with Gasteiger partial charge >= 0.3 is 0 Å². The van der Waals surface area contributed by atoms with E-state index < -0.39 is 15.8 Å². The van der Waals surface area contributed by atoms with E-state index in [1.54, 1.807) is 6.07 Å². The van der Waals surface area contributed by atoms with Gasteiger partial charge in [0.05, 0.1) is 6.07 Å². The first-order valence-electron chi connectivity index (χ1n) is 3.75. The highest BCUT2D eigenvalue weighted by Gasteiger charge is 2.23. The monoisotopic (exact) mass is 264 g/mol. The Kier molecular flexibility index (Phi) is 3.47. The van der Waals surface area contributed by atoms with Gasteiger partial charge in [0.2, 0.25) is 10.0 Å². The fourth-order valence-electron chi connectivity index (χ4n) is 1.09. The van der Waals surface area contributed by atoms with Crippen molar-refractivity contribution >= 4 is 26.0 Å². The Balaban J connectivity index is 2.75. The van der Waals surface area contributed by atoms with Gasteiger partial charge in [-0.05, 0) is 6.42 Å². The van der Waals surface area contributed by atoms with Crippen LogP contribution in [-0.4, -0.2) is 31.6 Å². The molecule has 0 aromatic carbocycles. The summed E-state index contributed by atoms with van der Waals surface area (Å²) in [6.07, 6.45) is 2.64. The molecule has 0 spiro atoms. The smallest absolute Gasteiger partial charge is 0.211 e. The van der Waals surface area contributed by atoms with Gasteiger partial charge in [-0.3, -0.25) is 0 Å².